The van der Waals surface area contributed by atoms with E-state index in [-0.39, 0.29) is 23.7 Å². The summed E-state index contributed by atoms with van der Waals surface area (Å²) in [5, 5.41) is 4.24. The molecular weight excluding hydrogens is 294 g/mol. The molecule has 2 aliphatic rings. The van der Waals surface area contributed by atoms with E-state index in [1.54, 1.807) is 10.7 Å². The molecule has 0 aromatic carbocycles. The van der Waals surface area contributed by atoms with Crippen molar-refractivity contribution in [1.29, 1.82) is 0 Å². The molecule has 4 rings (SSSR count). The summed E-state index contributed by atoms with van der Waals surface area (Å²) in [6.07, 6.45) is 5.83. The van der Waals surface area contributed by atoms with Gasteiger partial charge >= 0.3 is 0 Å². The third-order valence-electron chi connectivity index (χ3n) is 4.90. The molecule has 6 heteroatoms. The lowest BCUT2D eigenvalue weighted by atomic mass is 9.95. The highest BCUT2D eigenvalue weighted by atomic mass is 16.5. The van der Waals surface area contributed by atoms with Gasteiger partial charge in [0, 0.05) is 25.1 Å². The third-order valence-corrected chi connectivity index (χ3v) is 4.90. The van der Waals surface area contributed by atoms with E-state index in [2.05, 4.69) is 5.10 Å². The Balaban J connectivity index is 1.66. The molecule has 1 aliphatic carbocycles. The first-order chi connectivity index (χ1) is 11.3. The molecule has 0 bridgehead atoms. The molecule has 3 heterocycles. The fourth-order valence-electron chi connectivity index (χ4n) is 3.71. The maximum Gasteiger partial charge on any atom is 0.258 e. The first-order valence-corrected chi connectivity index (χ1v) is 8.09. The van der Waals surface area contributed by atoms with Crippen molar-refractivity contribution in [1.82, 2.24) is 14.5 Å². The summed E-state index contributed by atoms with van der Waals surface area (Å²) in [6, 6.07) is 5.51. The van der Waals surface area contributed by atoms with Crippen molar-refractivity contribution in [2.24, 2.45) is 5.92 Å². The van der Waals surface area contributed by atoms with E-state index in [0.717, 1.165) is 18.4 Å². The zero-order chi connectivity index (χ0) is 15.8. The van der Waals surface area contributed by atoms with Crippen LogP contribution in [0.4, 0.5) is 0 Å². The number of carbonyl (C=O) groups is 2. The number of morpholine rings is 1. The number of fused-ring (bicyclic) bond motifs is 1. The highest BCUT2D eigenvalue weighted by Crippen LogP contribution is 2.30. The van der Waals surface area contributed by atoms with Gasteiger partial charge in [-0.3, -0.25) is 9.59 Å². The van der Waals surface area contributed by atoms with Crippen LogP contribution in [0.3, 0.4) is 0 Å². The zero-order valence-corrected chi connectivity index (χ0v) is 12.9. The molecule has 2 unspecified atom stereocenters. The third kappa shape index (κ3) is 2.43. The van der Waals surface area contributed by atoms with Crippen molar-refractivity contribution in [2.45, 2.75) is 25.3 Å². The second kappa shape index (κ2) is 5.77. The molecule has 0 N–H and O–H groups in total. The van der Waals surface area contributed by atoms with Gasteiger partial charge in [0.1, 0.15) is 5.78 Å². The van der Waals surface area contributed by atoms with Gasteiger partial charge in [0.25, 0.3) is 5.91 Å². The summed E-state index contributed by atoms with van der Waals surface area (Å²) < 4.78 is 7.26. The fourth-order valence-corrected chi connectivity index (χ4v) is 3.71. The van der Waals surface area contributed by atoms with E-state index in [1.807, 2.05) is 29.3 Å². The number of carbonyl (C=O) groups excluding carboxylic acids is 2. The van der Waals surface area contributed by atoms with Crippen LogP contribution in [0.25, 0.3) is 5.52 Å². The quantitative estimate of drug-likeness (QED) is 0.844. The molecule has 2 fully saturated rings. The Labute approximate surface area is 134 Å². The zero-order valence-electron chi connectivity index (χ0n) is 12.9. The maximum absolute atomic E-state index is 13.1. The summed E-state index contributed by atoms with van der Waals surface area (Å²) in [6.45, 7) is 1.49. The van der Waals surface area contributed by atoms with Crippen LogP contribution in [0.2, 0.25) is 0 Å². The summed E-state index contributed by atoms with van der Waals surface area (Å²) in [5.41, 5.74) is 1.38. The van der Waals surface area contributed by atoms with E-state index in [0.29, 0.717) is 31.7 Å². The minimum absolute atomic E-state index is 0.0563. The lowest BCUT2D eigenvalue weighted by Gasteiger charge is -2.38. The largest absolute Gasteiger partial charge is 0.377 e. The lowest BCUT2D eigenvalue weighted by Crippen LogP contribution is -2.53. The smallest absolute Gasteiger partial charge is 0.258 e. The molecule has 2 aromatic rings. The Morgan fingerprint density at radius 3 is 3.09 bits per heavy atom. The average Bonchev–Trinajstić information content (AvgIpc) is 3.20. The van der Waals surface area contributed by atoms with E-state index in [9.17, 15) is 9.59 Å². The maximum atomic E-state index is 13.1. The van der Waals surface area contributed by atoms with E-state index in [1.165, 1.54) is 0 Å². The molecule has 0 radical (unpaired) electrons. The van der Waals surface area contributed by atoms with Gasteiger partial charge in [0.05, 0.1) is 36.5 Å². The monoisotopic (exact) mass is 313 g/mol. The van der Waals surface area contributed by atoms with E-state index < -0.39 is 0 Å². The molecule has 23 heavy (non-hydrogen) atoms. The minimum Gasteiger partial charge on any atom is -0.377 e. The Bertz CT molecular complexity index is 754. The summed E-state index contributed by atoms with van der Waals surface area (Å²) >= 11 is 0. The van der Waals surface area contributed by atoms with Crippen LogP contribution in [-0.4, -0.2) is 52.0 Å². The van der Waals surface area contributed by atoms with Crippen molar-refractivity contribution in [2.75, 3.05) is 19.8 Å². The number of hydrogen-bond acceptors (Lipinski definition) is 4. The molecule has 120 valence electrons. The van der Waals surface area contributed by atoms with Crippen LogP contribution in [0, 0.1) is 5.92 Å². The van der Waals surface area contributed by atoms with Crippen LogP contribution in [0.5, 0.6) is 0 Å². The highest BCUT2D eigenvalue weighted by Gasteiger charge is 2.40. The Kier molecular flexibility index (Phi) is 3.61. The standard InChI is InChI=1S/C17H19N3O3/c21-16-6-3-4-12(16)15-11-23-9-8-19(15)17(22)13-10-18-20-7-2-1-5-14(13)20/h1-2,5,7,10,12,15H,3-4,6,8-9,11H2. The summed E-state index contributed by atoms with van der Waals surface area (Å²) in [4.78, 5) is 27.0. The molecule has 2 aromatic heterocycles. The van der Waals surface area contributed by atoms with Crippen LogP contribution >= 0.6 is 0 Å². The Morgan fingerprint density at radius 2 is 2.26 bits per heavy atom. The second-order valence-electron chi connectivity index (χ2n) is 6.19. The summed E-state index contributed by atoms with van der Waals surface area (Å²) in [7, 11) is 0. The van der Waals surface area contributed by atoms with Crippen LogP contribution < -0.4 is 0 Å². The van der Waals surface area contributed by atoms with Crippen LogP contribution in [-0.2, 0) is 9.53 Å². The number of hydrogen-bond donors (Lipinski definition) is 0. The van der Waals surface area contributed by atoms with Crippen molar-refractivity contribution in [3.8, 4) is 0 Å². The van der Waals surface area contributed by atoms with Crippen molar-refractivity contribution >= 4 is 17.2 Å². The molecule has 1 aliphatic heterocycles. The predicted molar refractivity (Wildman–Crippen MR) is 83.2 cm³/mol. The fraction of sp³-hybridized carbons (Fsp3) is 0.471. The molecule has 2 atom stereocenters. The van der Waals surface area contributed by atoms with Gasteiger partial charge in [-0.15, -0.1) is 0 Å². The van der Waals surface area contributed by atoms with Crippen LogP contribution in [0.1, 0.15) is 29.6 Å². The number of rotatable bonds is 2. The molecule has 6 nitrogen and oxygen atoms in total. The lowest BCUT2D eigenvalue weighted by molar-refractivity contribution is -0.124. The predicted octanol–water partition coefficient (Wildman–Crippen LogP) is 1.54. The summed E-state index contributed by atoms with van der Waals surface area (Å²) in [5.74, 6) is 0.124. The SMILES string of the molecule is O=C1CCCC1C1COCCN1C(=O)c1cnn2ccccc12. The van der Waals surface area contributed by atoms with E-state index >= 15 is 0 Å². The van der Waals surface area contributed by atoms with Gasteiger partial charge in [-0.2, -0.15) is 5.10 Å². The molecular formula is C17H19N3O3. The average molecular weight is 313 g/mol. The van der Waals surface area contributed by atoms with Crippen molar-refractivity contribution in [3.05, 3.63) is 36.2 Å². The number of amides is 1. The van der Waals surface area contributed by atoms with Gasteiger partial charge < -0.3 is 9.64 Å². The number of nitrogens with zero attached hydrogens (tertiary/aromatic N) is 3. The molecule has 0 spiro atoms. The van der Waals surface area contributed by atoms with Gasteiger partial charge in [0.2, 0.25) is 0 Å². The first-order valence-electron chi connectivity index (χ1n) is 8.09. The highest BCUT2D eigenvalue weighted by molar-refractivity contribution is 6.01. The van der Waals surface area contributed by atoms with Crippen molar-refractivity contribution < 1.29 is 14.3 Å². The second-order valence-corrected chi connectivity index (χ2v) is 6.19. The number of ether oxygens (including phenoxy) is 1. The van der Waals surface area contributed by atoms with E-state index in [4.69, 9.17) is 4.74 Å². The number of pyridine rings is 1. The van der Waals surface area contributed by atoms with Gasteiger partial charge in [-0.05, 0) is 25.0 Å². The number of Topliss-reactive ketones (excluding diaryl/α,β-unsaturated/α-hetero) is 1. The normalized spacial score (nSPS) is 25.2. The topological polar surface area (TPSA) is 63.9 Å². The molecule has 1 saturated heterocycles. The number of ketones is 1. The number of aromatic nitrogens is 2. The van der Waals surface area contributed by atoms with Crippen molar-refractivity contribution in [3.63, 3.8) is 0 Å². The van der Waals surface area contributed by atoms with Gasteiger partial charge in [-0.25, -0.2) is 4.52 Å². The first kappa shape index (κ1) is 14.4. The van der Waals surface area contributed by atoms with Gasteiger partial charge in [0.15, 0.2) is 0 Å². The Hall–Kier alpha value is -2.21. The molecule has 1 saturated carbocycles. The molecule has 1 amide bonds. The Morgan fingerprint density at radius 1 is 1.35 bits per heavy atom. The van der Waals surface area contributed by atoms with Crippen LogP contribution in [0.15, 0.2) is 30.6 Å². The minimum atomic E-state index is -0.148. The van der Waals surface area contributed by atoms with Gasteiger partial charge in [-0.1, -0.05) is 6.07 Å².